The van der Waals surface area contributed by atoms with Crippen molar-refractivity contribution in [2.45, 2.75) is 12.8 Å². The average Bonchev–Trinajstić information content (AvgIpc) is 1.66. The van der Waals surface area contributed by atoms with Gasteiger partial charge >= 0.3 is 0 Å². The number of hydrogen-bond donors (Lipinski definition) is 0. The van der Waals surface area contributed by atoms with E-state index in [4.69, 9.17) is 0 Å². The van der Waals surface area contributed by atoms with E-state index in [1.165, 1.54) is 25.5 Å². The Hall–Kier alpha value is 0.390. The minimum Gasteiger partial charge on any atom is -0.309 e. The topological polar surface area (TPSA) is 3.24 Å². The van der Waals surface area contributed by atoms with E-state index in [0.29, 0.717) is 0 Å². The summed E-state index contributed by atoms with van der Waals surface area (Å²) in [7, 11) is 6.97. The number of nitrogens with zero attached hydrogens (tertiary/aromatic N) is 1. The lowest BCUT2D eigenvalue weighted by molar-refractivity contribution is 0.399. The van der Waals surface area contributed by atoms with Crippen LogP contribution in [-0.4, -0.2) is 31.7 Å². The van der Waals surface area contributed by atoms with Gasteiger partial charge in [0.25, 0.3) is 0 Å². The maximum atomic E-state index is 2.74. The van der Waals surface area contributed by atoms with Crippen LogP contribution in [0.4, 0.5) is 0 Å². The van der Waals surface area contributed by atoms with Crippen LogP contribution in [0.3, 0.4) is 0 Å². The van der Waals surface area contributed by atoms with Crippen LogP contribution < -0.4 is 0 Å². The monoisotopic (exact) mass is 133 g/mol. The zero-order valence-electron chi connectivity index (χ0n) is 5.85. The lowest BCUT2D eigenvalue weighted by atomic mass is 10.3. The van der Waals surface area contributed by atoms with E-state index < -0.39 is 0 Å². The van der Waals surface area contributed by atoms with Gasteiger partial charge in [0.2, 0.25) is 0 Å². The summed E-state index contributed by atoms with van der Waals surface area (Å²) >= 11 is 0. The van der Waals surface area contributed by atoms with Gasteiger partial charge in [0, 0.05) is 0 Å². The smallest absolute Gasteiger partial charge is 0.00247 e. The van der Waals surface area contributed by atoms with Crippen LogP contribution >= 0.6 is 9.24 Å². The maximum absolute atomic E-state index is 2.74. The molecule has 0 aliphatic carbocycles. The summed E-state index contributed by atoms with van der Waals surface area (Å²) in [5.41, 5.74) is 0. The Bertz CT molecular complexity index is 45.8. The predicted molar refractivity (Wildman–Crippen MR) is 42.4 cm³/mol. The van der Waals surface area contributed by atoms with Gasteiger partial charge in [-0.1, -0.05) is 0 Å². The number of hydrogen-bond acceptors (Lipinski definition) is 1. The first-order valence-corrected chi connectivity index (χ1v) is 3.94. The third-order valence-corrected chi connectivity index (χ3v) is 1.47. The largest absolute Gasteiger partial charge is 0.309 e. The first kappa shape index (κ1) is 8.39. The highest BCUT2D eigenvalue weighted by Crippen LogP contribution is 1.93. The second kappa shape index (κ2) is 5.53. The van der Waals surface area contributed by atoms with Crippen molar-refractivity contribution >= 4 is 9.24 Å². The van der Waals surface area contributed by atoms with E-state index in [2.05, 4.69) is 28.2 Å². The van der Waals surface area contributed by atoms with Gasteiger partial charge in [-0.15, -0.1) is 9.24 Å². The van der Waals surface area contributed by atoms with E-state index in [9.17, 15) is 0 Å². The molecule has 0 aromatic carbocycles. The first-order valence-electron chi connectivity index (χ1n) is 3.12. The normalized spacial score (nSPS) is 10.5. The molecule has 0 N–H and O–H groups in total. The molecular formula is C6H16NP. The Morgan fingerprint density at radius 3 is 2.25 bits per heavy atom. The molecule has 0 saturated carbocycles. The highest BCUT2D eigenvalue weighted by Gasteiger charge is 1.86. The lowest BCUT2D eigenvalue weighted by Crippen LogP contribution is -2.12. The Morgan fingerprint density at radius 1 is 1.25 bits per heavy atom. The molecule has 1 atom stereocenters. The van der Waals surface area contributed by atoms with Gasteiger partial charge in [-0.2, -0.15) is 0 Å². The van der Waals surface area contributed by atoms with Crippen molar-refractivity contribution in [3.8, 4) is 0 Å². The Labute approximate surface area is 54.7 Å². The van der Waals surface area contributed by atoms with Gasteiger partial charge in [0.1, 0.15) is 0 Å². The van der Waals surface area contributed by atoms with Crippen LogP contribution in [0, 0.1) is 0 Å². The standard InChI is InChI=1S/C6H16NP/c1-7(2)5-3-4-6-8/h3-6,8H2,1-2H3. The second-order valence-electron chi connectivity index (χ2n) is 2.30. The number of unbranched alkanes of at least 4 members (excludes halogenated alkanes) is 1. The summed E-state index contributed by atoms with van der Waals surface area (Å²) in [6, 6.07) is 0. The van der Waals surface area contributed by atoms with Crippen molar-refractivity contribution in [3.63, 3.8) is 0 Å². The van der Waals surface area contributed by atoms with Crippen LogP contribution in [0.25, 0.3) is 0 Å². The molecule has 2 heteroatoms. The minimum atomic E-state index is 1.23. The van der Waals surface area contributed by atoms with Crippen molar-refractivity contribution in [1.29, 1.82) is 0 Å². The molecule has 0 aromatic heterocycles. The third-order valence-electron chi connectivity index (χ3n) is 1.06. The molecule has 8 heavy (non-hydrogen) atoms. The SMILES string of the molecule is CN(C)CCCCP. The molecule has 0 aliphatic heterocycles. The Balaban J connectivity index is 2.72. The molecule has 0 aromatic rings. The summed E-state index contributed by atoms with van der Waals surface area (Å²) in [5.74, 6) is 0. The lowest BCUT2D eigenvalue weighted by Gasteiger charge is -2.06. The summed E-state index contributed by atoms with van der Waals surface area (Å²) < 4.78 is 0. The van der Waals surface area contributed by atoms with Crippen molar-refractivity contribution in [1.82, 2.24) is 4.90 Å². The van der Waals surface area contributed by atoms with Gasteiger partial charge in [-0.3, -0.25) is 0 Å². The fraction of sp³-hybridized carbons (Fsp3) is 1.00. The van der Waals surface area contributed by atoms with Gasteiger partial charge in [-0.25, -0.2) is 0 Å². The van der Waals surface area contributed by atoms with Gasteiger partial charge in [-0.05, 0) is 39.6 Å². The predicted octanol–water partition coefficient (Wildman–Crippen LogP) is 1.20. The highest BCUT2D eigenvalue weighted by atomic mass is 31.0. The maximum Gasteiger partial charge on any atom is -0.00247 e. The molecule has 0 radical (unpaired) electrons. The van der Waals surface area contributed by atoms with Crippen molar-refractivity contribution < 1.29 is 0 Å². The summed E-state index contributed by atoms with van der Waals surface area (Å²) in [6.07, 6.45) is 3.91. The fourth-order valence-corrected chi connectivity index (χ4v) is 0.861. The summed E-state index contributed by atoms with van der Waals surface area (Å²) in [6.45, 7) is 1.23. The van der Waals surface area contributed by atoms with Crippen LogP contribution in [0.5, 0.6) is 0 Å². The highest BCUT2D eigenvalue weighted by molar-refractivity contribution is 7.16. The van der Waals surface area contributed by atoms with Gasteiger partial charge in [0.05, 0.1) is 0 Å². The summed E-state index contributed by atoms with van der Waals surface area (Å²) in [4.78, 5) is 2.22. The molecule has 1 unspecified atom stereocenters. The molecule has 0 saturated heterocycles. The van der Waals surface area contributed by atoms with Crippen LogP contribution in [0.2, 0.25) is 0 Å². The molecule has 0 heterocycles. The molecule has 0 amide bonds. The average molecular weight is 133 g/mol. The fourth-order valence-electron chi connectivity index (χ4n) is 0.572. The van der Waals surface area contributed by atoms with E-state index in [1.54, 1.807) is 0 Å². The second-order valence-corrected chi connectivity index (χ2v) is 2.88. The first-order chi connectivity index (χ1) is 3.77. The van der Waals surface area contributed by atoms with Crippen LogP contribution in [0.1, 0.15) is 12.8 Å². The van der Waals surface area contributed by atoms with Crippen LogP contribution in [0.15, 0.2) is 0 Å². The zero-order valence-corrected chi connectivity index (χ0v) is 7.01. The molecule has 0 aliphatic rings. The molecule has 0 bridgehead atoms. The van der Waals surface area contributed by atoms with Gasteiger partial charge < -0.3 is 4.90 Å². The van der Waals surface area contributed by atoms with Crippen molar-refractivity contribution in [3.05, 3.63) is 0 Å². The summed E-state index contributed by atoms with van der Waals surface area (Å²) in [5, 5.41) is 0. The third kappa shape index (κ3) is 6.39. The van der Waals surface area contributed by atoms with Crippen LogP contribution in [-0.2, 0) is 0 Å². The van der Waals surface area contributed by atoms with E-state index in [1.807, 2.05) is 0 Å². The van der Waals surface area contributed by atoms with Crippen molar-refractivity contribution in [2.75, 3.05) is 26.8 Å². The molecule has 1 nitrogen and oxygen atoms in total. The molecule has 0 fully saturated rings. The molecule has 0 rings (SSSR count). The van der Waals surface area contributed by atoms with E-state index >= 15 is 0 Å². The molecule has 50 valence electrons. The Kier molecular flexibility index (Phi) is 5.79. The minimum absolute atomic E-state index is 1.23. The van der Waals surface area contributed by atoms with E-state index in [0.717, 1.165) is 0 Å². The molecular weight excluding hydrogens is 117 g/mol. The zero-order chi connectivity index (χ0) is 6.41. The molecule has 0 spiro atoms. The van der Waals surface area contributed by atoms with E-state index in [-0.39, 0.29) is 0 Å². The Morgan fingerprint density at radius 2 is 1.88 bits per heavy atom. The quantitative estimate of drug-likeness (QED) is 0.411. The van der Waals surface area contributed by atoms with Crippen molar-refractivity contribution in [2.24, 2.45) is 0 Å². The van der Waals surface area contributed by atoms with Gasteiger partial charge in [0.15, 0.2) is 0 Å². The number of rotatable bonds is 4.